The third kappa shape index (κ3) is 3.20. The van der Waals surface area contributed by atoms with E-state index in [-0.39, 0.29) is 11.3 Å². The quantitative estimate of drug-likeness (QED) is 0.357. The summed E-state index contributed by atoms with van der Waals surface area (Å²) < 4.78 is 0. The van der Waals surface area contributed by atoms with Crippen molar-refractivity contribution in [3.63, 3.8) is 0 Å². The molecule has 2 aromatic carbocycles. The number of rotatable bonds is 3. The van der Waals surface area contributed by atoms with Crippen molar-refractivity contribution >= 4 is 57.1 Å². The Morgan fingerprint density at radius 2 is 1.82 bits per heavy atom. The maximum absolute atomic E-state index is 12.9. The minimum Gasteiger partial charge on any atom is -0.507 e. The Labute approximate surface area is 174 Å². The summed E-state index contributed by atoms with van der Waals surface area (Å²) in [4.78, 5) is 31.2. The highest BCUT2D eigenvalue weighted by Gasteiger charge is 2.48. The van der Waals surface area contributed by atoms with Gasteiger partial charge in [0.2, 0.25) is 0 Å². The van der Waals surface area contributed by atoms with Gasteiger partial charge in [-0.2, -0.15) is 0 Å². The summed E-state index contributed by atoms with van der Waals surface area (Å²) in [6.07, 6.45) is 1.55. The van der Waals surface area contributed by atoms with Gasteiger partial charge in [-0.25, -0.2) is 4.98 Å². The lowest BCUT2D eigenvalue weighted by atomic mass is 9.95. The molecule has 1 atom stereocenters. The Kier molecular flexibility index (Phi) is 4.93. The summed E-state index contributed by atoms with van der Waals surface area (Å²) in [7, 11) is 0. The number of carbonyl (C=O) groups is 2. The molecule has 0 bridgehead atoms. The molecule has 0 unspecified atom stereocenters. The molecular weight excluding hydrogens is 419 g/mol. The zero-order valence-corrected chi connectivity index (χ0v) is 16.5. The SMILES string of the molecule is O=C1C(=O)N(c2nccs2)[C@H](c2cccc(Cl)c2)/C1=C(\O)c1ccc(Cl)cc1. The van der Waals surface area contributed by atoms with Crippen LogP contribution < -0.4 is 4.90 Å². The van der Waals surface area contributed by atoms with E-state index in [0.29, 0.717) is 26.3 Å². The fourth-order valence-electron chi connectivity index (χ4n) is 3.12. The first-order valence-electron chi connectivity index (χ1n) is 8.19. The number of aliphatic hydroxyl groups is 1. The molecule has 2 heterocycles. The summed E-state index contributed by atoms with van der Waals surface area (Å²) in [5.41, 5.74) is 0.954. The molecule has 140 valence electrons. The van der Waals surface area contributed by atoms with Gasteiger partial charge in [-0.15, -0.1) is 11.3 Å². The first-order chi connectivity index (χ1) is 13.5. The van der Waals surface area contributed by atoms with E-state index < -0.39 is 17.7 Å². The fraction of sp³-hybridized carbons (Fsp3) is 0.0500. The Balaban J connectivity index is 1.95. The Morgan fingerprint density at radius 3 is 2.46 bits per heavy atom. The first-order valence-corrected chi connectivity index (χ1v) is 9.83. The summed E-state index contributed by atoms with van der Waals surface area (Å²) in [5, 5.41) is 13.9. The average Bonchev–Trinajstić information content (AvgIpc) is 3.29. The van der Waals surface area contributed by atoms with Crippen LogP contribution in [0.4, 0.5) is 5.13 Å². The van der Waals surface area contributed by atoms with Crippen LogP contribution in [-0.4, -0.2) is 21.8 Å². The molecule has 1 saturated heterocycles. The van der Waals surface area contributed by atoms with E-state index in [2.05, 4.69) is 4.98 Å². The van der Waals surface area contributed by atoms with Gasteiger partial charge >= 0.3 is 5.91 Å². The van der Waals surface area contributed by atoms with Gasteiger partial charge in [0.1, 0.15) is 5.76 Å². The molecule has 0 saturated carbocycles. The number of carbonyl (C=O) groups excluding carboxylic acids is 2. The van der Waals surface area contributed by atoms with E-state index in [9.17, 15) is 14.7 Å². The van der Waals surface area contributed by atoms with Crippen LogP contribution in [0, 0.1) is 0 Å². The van der Waals surface area contributed by atoms with E-state index in [4.69, 9.17) is 23.2 Å². The van der Waals surface area contributed by atoms with E-state index in [1.807, 2.05) is 0 Å². The molecule has 1 aromatic heterocycles. The van der Waals surface area contributed by atoms with E-state index in [1.54, 1.807) is 60.1 Å². The van der Waals surface area contributed by atoms with Crippen LogP contribution in [0.1, 0.15) is 17.2 Å². The van der Waals surface area contributed by atoms with Crippen molar-refractivity contribution in [2.45, 2.75) is 6.04 Å². The Hall–Kier alpha value is -2.67. The highest BCUT2D eigenvalue weighted by atomic mass is 35.5. The number of nitrogens with zero attached hydrogens (tertiary/aromatic N) is 2. The molecule has 0 radical (unpaired) electrons. The summed E-state index contributed by atoms with van der Waals surface area (Å²) in [5.74, 6) is -1.82. The number of halogens is 2. The second kappa shape index (κ2) is 7.39. The van der Waals surface area contributed by atoms with Crippen molar-refractivity contribution in [3.8, 4) is 0 Å². The van der Waals surface area contributed by atoms with Crippen molar-refractivity contribution in [2.24, 2.45) is 0 Å². The van der Waals surface area contributed by atoms with Crippen molar-refractivity contribution in [2.75, 3.05) is 4.90 Å². The molecule has 1 fully saturated rings. The number of amides is 1. The molecular formula is C20H12Cl2N2O3S. The number of aliphatic hydroxyl groups excluding tert-OH is 1. The number of hydrogen-bond donors (Lipinski definition) is 1. The molecule has 1 aliphatic rings. The number of Topliss-reactive ketones (excluding diaryl/α,β-unsaturated/α-hetero) is 1. The Bertz CT molecular complexity index is 1090. The standard InChI is InChI=1S/C20H12Cl2N2O3S/c21-13-6-4-11(5-7-13)17(25)15-16(12-2-1-3-14(22)10-12)24(19(27)18(15)26)20-23-8-9-28-20/h1-10,16,25H/b17-15+/t16-/m1/s1. The second-order valence-corrected chi connectivity index (χ2v) is 7.79. The molecule has 1 N–H and O–H groups in total. The Morgan fingerprint density at radius 1 is 1.07 bits per heavy atom. The van der Waals surface area contributed by atoms with E-state index in [0.717, 1.165) is 0 Å². The monoisotopic (exact) mass is 430 g/mol. The van der Waals surface area contributed by atoms with Gasteiger partial charge in [0, 0.05) is 27.2 Å². The summed E-state index contributed by atoms with van der Waals surface area (Å²) in [6.45, 7) is 0. The van der Waals surface area contributed by atoms with Crippen LogP contribution >= 0.6 is 34.5 Å². The molecule has 5 nitrogen and oxygen atoms in total. The highest BCUT2D eigenvalue weighted by molar-refractivity contribution is 7.14. The second-order valence-electron chi connectivity index (χ2n) is 6.05. The minimum absolute atomic E-state index is 0.0233. The predicted octanol–water partition coefficient (Wildman–Crippen LogP) is 5.08. The minimum atomic E-state index is -0.847. The molecule has 0 spiro atoms. The number of ketones is 1. The maximum atomic E-state index is 12.9. The van der Waals surface area contributed by atoms with E-state index >= 15 is 0 Å². The summed E-state index contributed by atoms with van der Waals surface area (Å²) >= 11 is 13.3. The molecule has 28 heavy (non-hydrogen) atoms. The number of hydrogen-bond acceptors (Lipinski definition) is 5. The van der Waals surface area contributed by atoms with Gasteiger partial charge in [0.15, 0.2) is 5.13 Å². The molecule has 4 rings (SSSR count). The van der Waals surface area contributed by atoms with Crippen LogP contribution in [0.5, 0.6) is 0 Å². The smallest absolute Gasteiger partial charge is 0.301 e. The van der Waals surface area contributed by atoms with E-state index in [1.165, 1.54) is 16.2 Å². The molecule has 1 amide bonds. The van der Waals surface area contributed by atoms with Crippen LogP contribution in [-0.2, 0) is 9.59 Å². The van der Waals surface area contributed by atoms with Crippen LogP contribution in [0.2, 0.25) is 10.0 Å². The maximum Gasteiger partial charge on any atom is 0.301 e. The number of anilines is 1. The van der Waals surface area contributed by atoms with Crippen molar-refractivity contribution < 1.29 is 14.7 Å². The zero-order valence-electron chi connectivity index (χ0n) is 14.2. The predicted molar refractivity (Wildman–Crippen MR) is 110 cm³/mol. The third-order valence-corrected chi connectivity index (χ3v) is 5.61. The molecule has 8 heteroatoms. The number of aromatic nitrogens is 1. The van der Waals surface area contributed by atoms with Crippen LogP contribution in [0.25, 0.3) is 5.76 Å². The molecule has 1 aliphatic heterocycles. The van der Waals surface area contributed by atoms with Crippen LogP contribution in [0.3, 0.4) is 0 Å². The lowest BCUT2D eigenvalue weighted by molar-refractivity contribution is -0.132. The number of thiazole rings is 1. The summed E-state index contributed by atoms with van der Waals surface area (Å²) in [6, 6.07) is 12.4. The highest BCUT2D eigenvalue weighted by Crippen LogP contribution is 2.43. The molecule has 0 aliphatic carbocycles. The lowest BCUT2D eigenvalue weighted by Crippen LogP contribution is -2.29. The van der Waals surface area contributed by atoms with Gasteiger partial charge in [-0.3, -0.25) is 14.5 Å². The van der Waals surface area contributed by atoms with Crippen molar-refractivity contribution in [1.29, 1.82) is 0 Å². The molecule has 3 aromatic rings. The van der Waals surface area contributed by atoms with Crippen molar-refractivity contribution in [1.82, 2.24) is 4.98 Å². The average molecular weight is 431 g/mol. The van der Waals surface area contributed by atoms with Gasteiger partial charge < -0.3 is 5.11 Å². The van der Waals surface area contributed by atoms with Crippen molar-refractivity contribution in [3.05, 3.63) is 86.9 Å². The van der Waals surface area contributed by atoms with Gasteiger partial charge in [0.25, 0.3) is 5.78 Å². The zero-order chi connectivity index (χ0) is 19.8. The van der Waals surface area contributed by atoms with Gasteiger partial charge in [-0.05, 0) is 42.0 Å². The fourth-order valence-corrected chi connectivity index (χ4v) is 4.11. The van der Waals surface area contributed by atoms with Gasteiger partial charge in [-0.1, -0.05) is 35.3 Å². The topological polar surface area (TPSA) is 70.5 Å². The number of benzene rings is 2. The third-order valence-electron chi connectivity index (χ3n) is 4.35. The largest absolute Gasteiger partial charge is 0.507 e. The normalized spacial score (nSPS) is 18.6. The first kappa shape index (κ1) is 18.7. The van der Waals surface area contributed by atoms with Crippen LogP contribution in [0.15, 0.2) is 65.7 Å². The lowest BCUT2D eigenvalue weighted by Gasteiger charge is -2.23. The van der Waals surface area contributed by atoms with Gasteiger partial charge in [0.05, 0.1) is 11.6 Å².